The number of nitrogens with zero attached hydrogens (tertiary/aromatic N) is 1. The van der Waals surface area contributed by atoms with Crippen molar-refractivity contribution in [1.29, 1.82) is 0 Å². The molecular weight excluding hydrogens is 196 g/mol. The average Bonchev–Trinajstić information content (AvgIpc) is 2.23. The average molecular weight is 220 g/mol. The molecule has 90 valence electrons. The Hall–Kier alpha value is -0.860. The molecule has 0 aliphatic carbocycles. The van der Waals surface area contributed by atoms with E-state index in [1.165, 1.54) is 17.5 Å². The molecule has 1 atom stereocenters. The van der Waals surface area contributed by atoms with Gasteiger partial charge in [-0.15, -0.1) is 0 Å². The Kier molecular flexibility index (Phi) is 5.50. The Labute approximate surface area is 99.7 Å². The van der Waals surface area contributed by atoms with Crippen LogP contribution in [0.25, 0.3) is 0 Å². The highest BCUT2D eigenvalue weighted by atomic mass is 15.1. The van der Waals surface area contributed by atoms with Crippen molar-refractivity contribution in [3.05, 3.63) is 35.4 Å². The van der Waals surface area contributed by atoms with Crippen LogP contribution in [0.4, 0.5) is 0 Å². The maximum absolute atomic E-state index is 3.60. The van der Waals surface area contributed by atoms with E-state index >= 15 is 0 Å². The molecule has 16 heavy (non-hydrogen) atoms. The van der Waals surface area contributed by atoms with Gasteiger partial charge in [0.1, 0.15) is 0 Å². The van der Waals surface area contributed by atoms with E-state index in [9.17, 15) is 0 Å². The summed E-state index contributed by atoms with van der Waals surface area (Å²) in [4.78, 5) is 2.23. The summed E-state index contributed by atoms with van der Waals surface area (Å²) in [6.45, 7) is 6.47. The van der Waals surface area contributed by atoms with E-state index in [4.69, 9.17) is 0 Å². The molecule has 0 saturated heterocycles. The van der Waals surface area contributed by atoms with E-state index < -0.39 is 0 Å². The minimum Gasteiger partial charge on any atom is -0.309 e. The van der Waals surface area contributed by atoms with Gasteiger partial charge in [0, 0.05) is 12.6 Å². The first-order valence-electron chi connectivity index (χ1n) is 6.08. The Morgan fingerprint density at radius 2 is 2.06 bits per heavy atom. The number of hydrogen-bond acceptors (Lipinski definition) is 2. The van der Waals surface area contributed by atoms with Crippen LogP contribution in [0.2, 0.25) is 0 Å². The molecule has 1 aromatic rings. The van der Waals surface area contributed by atoms with Crippen molar-refractivity contribution >= 4 is 0 Å². The lowest BCUT2D eigenvalue weighted by atomic mass is 10.0. The minimum absolute atomic E-state index is 0.440. The number of aryl methyl sites for hydroxylation is 1. The summed E-state index contributed by atoms with van der Waals surface area (Å²) in [5.74, 6) is 0. The predicted octanol–water partition coefficient (Wildman–Crippen LogP) is 2.60. The number of likely N-dealkylation sites (N-methyl/N-ethyl adjacent to an activating group) is 1. The van der Waals surface area contributed by atoms with Gasteiger partial charge in [-0.25, -0.2) is 0 Å². The molecule has 0 aliphatic rings. The minimum atomic E-state index is 0.440. The second-order valence-corrected chi connectivity index (χ2v) is 4.68. The third kappa shape index (κ3) is 4.33. The standard InChI is InChI=1S/C14H24N2/c1-5-9-15-14(11-16(3)4)13-8-6-7-12(2)10-13/h6-8,10,14-15H,5,9,11H2,1-4H3. The molecule has 0 aromatic heterocycles. The lowest BCUT2D eigenvalue weighted by molar-refractivity contribution is 0.342. The summed E-state index contributed by atoms with van der Waals surface area (Å²) < 4.78 is 0. The maximum Gasteiger partial charge on any atom is 0.0449 e. The van der Waals surface area contributed by atoms with Gasteiger partial charge in [-0.2, -0.15) is 0 Å². The highest BCUT2D eigenvalue weighted by molar-refractivity contribution is 5.25. The van der Waals surface area contributed by atoms with Crippen molar-refractivity contribution in [2.75, 3.05) is 27.2 Å². The Morgan fingerprint density at radius 1 is 1.31 bits per heavy atom. The fourth-order valence-electron chi connectivity index (χ4n) is 1.86. The molecule has 2 heteroatoms. The van der Waals surface area contributed by atoms with Crippen LogP contribution in [-0.4, -0.2) is 32.1 Å². The van der Waals surface area contributed by atoms with Crippen LogP contribution in [0.5, 0.6) is 0 Å². The molecule has 1 aromatic carbocycles. The number of hydrogen-bond donors (Lipinski definition) is 1. The Balaban J connectivity index is 2.74. The fraction of sp³-hybridized carbons (Fsp3) is 0.571. The highest BCUT2D eigenvalue weighted by Crippen LogP contribution is 2.15. The Bertz CT molecular complexity index is 307. The number of rotatable bonds is 6. The second-order valence-electron chi connectivity index (χ2n) is 4.68. The summed E-state index contributed by atoms with van der Waals surface area (Å²) in [5.41, 5.74) is 2.72. The van der Waals surface area contributed by atoms with Crippen molar-refractivity contribution in [3.63, 3.8) is 0 Å². The van der Waals surface area contributed by atoms with Crippen molar-refractivity contribution in [2.24, 2.45) is 0 Å². The van der Waals surface area contributed by atoms with E-state index in [1.807, 2.05) is 0 Å². The lowest BCUT2D eigenvalue weighted by Crippen LogP contribution is -2.31. The monoisotopic (exact) mass is 220 g/mol. The third-order valence-electron chi connectivity index (χ3n) is 2.63. The van der Waals surface area contributed by atoms with Gasteiger partial charge in [0.2, 0.25) is 0 Å². The van der Waals surface area contributed by atoms with E-state index in [-0.39, 0.29) is 0 Å². The molecule has 1 N–H and O–H groups in total. The van der Waals surface area contributed by atoms with Crippen molar-refractivity contribution < 1.29 is 0 Å². The largest absolute Gasteiger partial charge is 0.309 e. The first-order chi connectivity index (χ1) is 7.63. The Morgan fingerprint density at radius 3 is 2.62 bits per heavy atom. The van der Waals surface area contributed by atoms with Crippen LogP contribution < -0.4 is 5.32 Å². The van der Waals surface area contributed by atoms with Crippen molar-refractivity contribution in [1.82, 2.24) is 10.2 Å². The zero-order valence-electron chi connectivity index (χ0n) is 11.0. The zero-order chi connectivity index (χ0) is 12.0. The fourth-order valence-corrected chi connectivity index (χ4v) is 1.86. The van der Waals surface area contributed by atoms with E-state index in [0.29, 0.717) is 6.04 Å². The zero-order valence-corrected chi connectivity index (χ0v) is 11.0. The number of benzene rings is 1. The predicted molar refractivity (Wildman–Crippen MR) is 70.8 cm³/mol. The summed E-state index contributed by atoms with van der Waals surface area (Å²) >= 11 is 0. The molecule has 0 fully saturated rings. The van der Waals surface area contributed by atoms with Gasteiger partial charge in [-0.1, -0.05) is 36.8 Å². The van der Waals surface area contributed by atoms with Crippen LogP contribution >= 0.6 is 0 Å². The summed E-state index contributed by atoms with van der Waals surface area (Å²) in [7, 11) is 4.24. The van der Waals surface area contributed by atoms with Crippen molar-refractivity contribution in [2.45, 2.75) is 26.3 Å². The van der Waals surface area contributed by atoms with Gasteiger partial charge in [-0.3, -0.25) is 0 Å². The molecule has 0 saturated carbocycles. The second kappa shape index (κ2) is 6.66. The summed E-state index contributed by atoms with van der Waals surface area (Å²) in [6, 6.07) is 9.22. The van der Waals surface area contributed by atoms with Crippen LogP contribution in [0, 0.1) is 6.92 Å². The molecule has 1 rings (SSSR count). The van der Waals surface area contributed by atoms with Gasteiger partial charge in [0.15, 0.2) is 0 Å². The summed E-state index contributed by atoms with van der Waals surface area (Å²) in [5, 5.41) is 3.60. The lowest BCUT2D eigenvalue weighted by Gasteiger charge is -2.23. The van der Waals surface area contributed by atoms with Crippen LogP contribution in [0.1, 0.15) is 30.5 Å². The molecular formula is C14H24N2. The molecule has 0 heterocycles. The molecule has 0 radical (unpaired) electrons. The van der Waals surface area contributed by atoms with Gasteiger partial charge >= 0.3 is 0 Å². The van der Waals surface area contributed by atoms with E-state index in [0.717, 1.165) is 13.1 Å². The van der Waals surface area contributed by atoms with Gasteiger partial charge in [0.05, 0.1) is 0 Å². The first-order valence-corrected chi connectivity index (χ1v) is 6.08. The molecule has 2 nitrogen and oxygen atoms in total. The van der Waals surface area contributed by atoms with E-state index in [1.54, 1.807) is 0 Å². The van der Waals surface area contributed by atoms with E-state index in [2.05, 4.69) is 62.4 Å². The molecule has 1 unspecified atom stereocenters. The van der Waals surface area contributed by atoms with Gasteiger partial charge in [-0.05, 0) is 39.5 Å². The van der Waals surface area contributed by atoms with Crippen LogP contribution in [-0.2, 0) is 0 Å². The topological polar surface area (TPSA) is 15.3 Å². The molecule has 0 amide bonds. The van der Waals surface area contributed by atoms with Crippen LogP contribution in [0.3, 0.4) is 0 Å². The quantitative estimate of drug-likeness (QED) is 0.792. The molecule has 0 bridgehead atoms. The molecule has 0 spiro atoms. The van der Waals surface area contributed by atoms with Gasteiger partial charge in [0.25, 0.3) is 0 Å². The van der Waals surface area contributed by atoms with Gasteiger partial charge < -0.3 is 10.2 Å². The summed E-state index contributed by atoms with van der Waals surface area (Å²) in [6.07, 6.45) is 1.18. The van der Waals surface area contributed by atoms with Crippen molar-refractivity contribution in [3.8, 4) is 0 Å². The highest BCUT2D eigenvalue weighted by Gasteiger charge is 2.11. The first kappa shape index (κ1) is 13.2. The normalized spacial score (nSPS) is 13.1. The maximum atomic E-state index is 3.60. The van der Waals surface area contributed by atoms with Crippen LogP contribution in [0.15, 0.2) is 24.3 Å². The SMILES string of the molecule is CCCNC(CN(C)C)c1cccc(C)c1. The number of nitrogens with one attached hydrogen (secondary N) is 1. The smallest absolute Gasteiger partial charge is 0.0449 e. The third-order valence-corrected chi connectivity index (χ3v) is 2.63. The molecule has 0 aliphatic heterocycles.